The Kier molecular flexibility index (Phi) is 5.39. The lowest BCUT2D eigenvalue weighted by molar-refractivity contribution is 0.0697. The van der Waals surface area contributed by atoms with E-state index in [9.17, 15) is 9.90 Å². The van der Waals surface area contributed by atoms with Gasteiger partial charge in [-0.25, -0.2) is 4.79 Å². The summed E-state index contributed by atoms with van der Waals surface area (Å²) in [5, 5.41) is 22.8. The van der Waals surface area contributed by atoms with Crippen LogP contribution >= 0.6 is 45.2 Å². The van der Waals surface area contributed by atoms with E-state index >= 15 is 0 Å². The molecule has 2 aromatic carbocycles. The Balaban J connectivity index is 2.10. The van der Waals surface area contributed by atoms with Gasteiger partial charge in [-0.05, 0) is 81.6 Å². The van der Waals surface area contributed by atoms with E-state index in [1.54, 1.807) is 12.1 Å². The third-order valence-electron chi connectivity index (χ3n) is 2.59. The first-order chi connectivity index (χ1) is 9.97. The molecule has 2 aromatic rings. The van der Waals surface area contributed by atoms with Gasteiger partial charge in [-0.2, -0.15) is 5.10 Å². The molecular formula is C14H10I2N2O3. The normalized spacial score (nSPS) is 10.8. The number of carboxylic acids is 1. The van der Waals surface area contributed by atoms with Crippen molar-refractivity contribution < 1.29 is 15.0 Å². The Hall–Kier alpha value is -1.36. The van der Waals surface area contributed by atoms with E-state index in [1.807, 2.05) is 12.1 Å². The molecule has 0 aromatic heterocycles. The number of hydrogen-bond acceptors (Lipinski definition) is 4. The van der Waals surface area contributed by atoms with Gasteiger partial charge < -0.3 is 10.2 Å². The van der Waals surface area contributed by atoms with Crippen molar-refractivity contribution in [3.63, 3.8) is 0 Å². The maximum absolute atomic E-state index is 10.7. The lowest BCUT2D eigenvalue weighted by atomic mass is 10.2. The van der Waals surface area contributed by atoms with Gasteiger partial charge in [0.05, 0.1) is 21.0 Å². The summed E-state index contributed by atoms with van der Waals surface area (Å²) in [6.45, 7) is 0. The average molecular weight is 508 g/mol. The number of nitrogens with one attached hydrogen (secondary N) is 1. The summed E-state index contributed by atoms with van der Waals surface area (Å²) in [5.41, 5.74) is 4.28. The fraction of sp³-hybridized carbons (Fsp3) is 0. The molecule has 0 atom stereocenters. The molecule has 0 radical (unpaired) electrons. The van der Waals surface area contributed by atoms with Crippen LogP contribution in [0.2, 0.25) is 0 Å². The molecule has 108 valence electrons. The molecule has 0 fully saturated rings. The van der Waals surface area contributed by atoms with Crippen molar-refractivity contribution in [1.82, 2.24) is 0 Å². The summed E-state index contributed by atoms with van der Waals surface area (Å²) < 4.78 is 1.76. The van der Waals surface area contributed by atoms with E-state index in [-0.39, 0.29) is 11.3 Å². The van der Waals surface area contributed by atoms with Crippen LogP contribution < -0.4 is 5.43 Å². The zero-order valence-electron chi connectivity index (χ0n) is 10.5. The van der Waals surface area contributed by atoms with Gasteiger partial charge in [-0.1, -0.05) is 0 Å². The lowest BCUT2D eigenvalue weighted by Crippen LogP contribution is -1.97. The van der Waals surface area contributed by atoms with E-state index in [1.165, 1.54) is 18.3 Å². The number of hydrogen-bond donors (Lipinski definition) is 3. The van der Waals surface area contributed by atoms with E-state index in [0.29, 0.717) is 11.3 Å². The minimum atomic E-state index is -0.969. The summed E-state index contributed by atoms with van der Waals surface area (Å²) in [6, 6.07) is 9.92. The van der Waals surface area contributed by atoms with Crippen molar-refractivity contribution in [3.05, 3.63) is 54.7 Å². The van der Waals surface area contributed by atoms with Gasteiger partial charge in [-0.15, -0.1) is 0 Å². The largest absolute Gasteiger partial charge is 0.506 e. The molecule has 3 N–H and O–H groups in total. The quantitative estimate of drug-likeness (QED) is 0.334. The van der Waals surface area contributed by atoms with Crippen LogP contribution in [-0.2, 0) is 0 Å². The Labute approximate surface area is 148 Å². The first kappa shape index (κ1) is 16.0. The average Bonchev–Trinajstić information content (AvgIpc) is 2.44. The van der Waals surface area contributed by atoms with Crippen molar-refractivity contribution >= 4 is 63.1 Å². The van der Waals surface area contributed by atoms with Crippen molar-refractivity contribution in [1.29, 1.82) is 0 Å². The molecule has 0 aliphatic heterocycles. The number of benzene rings is 2. The van der Waals surface area contributed by atoms with Crippen molar-refractivity contribution in [2.45, 2.75) is 0 Å². The Morgan fingerprint density at radius 1 is 1.19 bits per heavy atom. The monoisotopic (exact) mass is 508 g/mol. The number of nitrogens with zero attached hydrogens (tertiary/aromatic N) is 1. The second-order valence-electron chi connectivity index (χ2n) is 4.08. The van der Waals surface area contributed by atoms with Crippen LogP contribution in [-0.4, -0.2) is 22.4 Å². The Morgan fingerprint density at radius 2 is 1.86 bits per heavy atom. The van der Waals surface area contributed by atoms with Gasteiger partial charge in [0, 0.05) is 9.13 Å². The first-order valence-electron chi connectivity index (χ1n) is 5.78. The van der Waals surface area contributed by atoms with Gasteiger partial charge in [0.2, 0.25) is 0 Å². The van der Waals surface area contributed by atoms with Crippen molar-refractivity contribution in [3.8, 4) is 5.75 Å². The summed E-state index contributed by atoms with van der Waals surface area (Å²) in [4.78, 5) is 10.7. The summed E-state index contributed by atoms with van der Waals surface area (Å²) >= 11 is 4.22. The van der Waals surface area contributed by atoms with Crippen LogP contribution in [0, 0.1) is 7.14 Å². The third-order valence-corrected chi connectivity index (χ3v) is 4.03. The molecule has 2 rings (SSSR count). The maximum Gasteiger partial charge on any atom is 0.335 e. The maximum atomic E-state index is 10.7. The molecule has 0 amide bonds. The number of halogens is 2. The SMILES string of the molecule is O=C(O)c1ccc(N/N=C/c2cc(I)cc(I)c2O)cc1. The van der Waals surface area contributed by atoms with Crippen LogP contribution in [0.25, 0.3) is 0 Å². The molecule has 0 saturated carbocycles. The zero-order valence-corrected chi connectivity index (χ0v) is 14.9. The molecule has 0 bridgehead atoms. The number of anilines is 1. The second kappa shape index (κ2) is 7.07. The van der Waals surface area contributed by atoms with Gasteiger partial charge in [0.15, 0.2) is 0 Å². The highest BCUT2D eigenvalue weighted by Crippen LogP contribution is 2.25. The summed E-state index contributed by atoms with van der Waals surface area (Å²) in [7, 11) is 0. The standard InChI is InChI=1S/C14H10I2N2O3/c15-10-5-9(13(19)12(16)6-10)7-17-18-11-3-1-8(2-4-11)14(20)21/h1-7,18-19H,(H,20,21)/b17-7+. The third kappa shape index (κ3) is 4.30. The highest BCUT2D eigenvalue weighted by molar-refractivity contribution is 14.1. The molecule has 0 heterocycles. The van der Waals surface area contributed by atoms with Crippen LogP contribution in [0.5, 0.6) is 5.75 Å². The number of rotatable bonds is 4. The molecule has 0 aliphatic rings. The summed E-state index contributed by atoms with van der Waals surface area (Å²) in [5.74, 6) is -0.786. The molecule has 21 heavy (non-hydrogen) atoms. The Bertz CT molecular complexity index is 700. The fourth-order valence-corrected chi connectivity index (χ4v) is 3.44. The molecule has 0 spiro atoms. The number of aromatic carboxylic acids is 1. The van der Waals surface area contributed by atoms with E-state index in [0.717, 1.165) is 7.14 Å². The molecule has 0 unspecified atom stereocenters. The van der Waals surface area contributed by atoms with Gasteiger partial charge in [-0.3, -0.25) is 5.43 Å². The number of aromatic hydroxyl groups is 1. The molecule has 5 nitrogen and oxygen atoms in total. The highest BCUT2D eigenvalue weighted by Gasteiger charge is 2.05. The first-order valence-corrected chi connectivity index (χ1v) is 7.93. The van der Waals surface area contributed by atoms with E-state index in [2.05, 4.69) is 55.7 Å². The van der Waals surface area contributed by atoms with Crippen molar-refractivity contribution in [2.75, 3.05) is 5.43 Å². The number of carboxylic acid groups (broad SMARTS) is 1. The number of hydrazone groups is 1. The fourth-order valence-electron chi connectivity index (χ4n) is 1.55. The van der Waals surface area contributed by atoms with Crippen LogP contribution in [0.3, 0.4) is 0 Å². The smallest absolute Gasteiger partial charge is 0.335 e. The predicted molar refractivity (Wildman–Crippen MR) is 98.2 cm³/mol. The number of phenols is 1. The van der Waals surface area contributed by atoms with Gasteiger partial charge >= 0.3 is 5.97 Å². The molecule has 0 aliphatic carbocycles. The number of phenolic OH excluding ortho intramolecular Hbond substituents is 1. The van der Waals surface area contributed by atoms with Gasteiger partial charge in [0.1, 0.15) is 5.75 Å². The minimum absolute atomic E-state index is 0.183. The van der Waals surface area contributed by atoms with Crippen molar-refractivity contribution in [2.24, 2.45) is 5.10 Å². The second-order valence-corrected chi connectivity index (χ2v) is 6.49. The minimum Gasteiger partial charge on any atom is -0.506 e. The molecule has 0 saturated heterocycles. The van der Waals surface area contributed by atoms with E-state index < -0.39 is 5.97 Å². The summed E-state index contributed by atoms with van der Waals surface area (Å²) in [6.07, 6.45) is 1.52. The predicted octanol–water partition coefficient (Wildman–Crippen LogP) is 3.75. The van der Waals surface area contributed by atoms with E-state index in [4.69, 9.17) is 5.11 Å². The van der Waals surface area contributed by atoms with Gasteiger partial charge in [0.25, 0.3) is 0 Å². The van der Waals surface area contributed by atoms with Crippen LogP contribution in [0.4, 0.5) is 5.69 Å². The topological polar surface area (TPSA) is 81.9 Å². The number of carbonyl (C=O) groups is 1. The zero-order chi connectivity index (χ0) is 15.4. The molecular weight excluding hydrogens is 498 g/mol. The highest BCUT2D eigenvalue weighted by atomic mass is 127. The molecule has 7 heteroatoms. The lowest BCUT2D eigenvalue weighted by Gasteiger charge is -2.04. The Morgan fingerprint density at radius 3 is 2.48 bits per heavy atom. The van der Waals surface area contributed by atoms with Crippen LogP contribution in [0.1, 0.15) is 15.9 Å². The van der Waals surface area contributed by atoms with Crippen LogP contribution in [0.15, 0.2) is 41.5 Å².